The molecule has 2 N–H and O–H groups in total. The van der Waals surface area contributed by atoms with Crippen LogP contribution in [-0.4, -0.2) is 22.3 Å². The van der Waals surface area contributed by atoms with Crippen molar-refractivity contribution in [3.05, 3.63) is 12.2 Å². The van der Waals surface area contributed by atoms with E-state index in [0.717, 1.165) is 0 Å². The predicted molar refractivity (Wildman–Crippen MR) is 51.4 cm³/mol. The van der Waals surface area contributed by atoms with Crippen LogP contribution in [-0.2, 0) is 4.79 Å². The zero-order valence-electron chi connectivity index (χ0n) is 8.45. The summed E-state index contributed by atoms with van der Waals surface area (Å²) in [6.07, 6.45) is -0.138. The number of aliphatic hydroxyl groups excluding tert-OH is 1. The van der Waals surface area contributed by atoms with Crippen molar-refractivity contribution in [2.45, 2.75) is 33.3 Å². The molecule has 0 heterocycles. The van der Waals surface area contributed by atoms with Crippen molar-refractivity contribution in [3.8, 4) is 0 Å². The lowest BCUT2D eigenvalue weighted by atomic mass is 9.85. The molecule has 2 unspecified atom stereocenters. The van der Waals surface area contributed by atoms with Crippen LogP contribution in [0.15, 0.2) is 12.2 Å². The number of aliphatic carboxylic acids is 1. The van der Waals surface area contributed by atoms with E-state index in [1.165, 1.54) is 0 Å². The molecule has 13 heavy (non-hydrogen) atoms. The van der Waals surface area contributed by atoms with Gasteiger partial charge in [0.2, 0.25) is 0 Å². The quantitative estimate of drug-likeness (QED) is 0.642. The SMILES string of the molecule is C=C(CC(C(C)C)C(C)O)C(=O)O. The lowest BCUT2D eigenvalue weighted by Crippen LogP contribution is -2.24. The fourth-order valence-electron chi connectivity index (χ4n) is 1.34. The van der Waals surface area contributed by atoms with E-state index in [9.17, 15) is 9.90 Å². The Kier molecular flexibility index (Phi) is 4.70. The van der Waals surface area contributed by atoms with E-state index in [1.807, 2.05) is 13.8 Å². The first-order chi connectivity index (χ1) is 5.86. The molecule has 3 nitrogen and oxygen atoms in total. The van der Waals surface area contributed by atoms with Gasteiger partial charge in [-0.15, -0.1) is 0 Å². The summed E-state index contributed by atoms with van der Waals surface area (Å²) in [6, 6.07) is 0. The molecule has 3 heteroatoms. The Bertz CT molecular complexity index is 186. The lowest BCUT2D eigenvalue weighted by Gasteiger charge is -2.23. The Morgan fingerprint density at radius 1 is 1.38 bits per heavy atom. The van der Waals surface area contributed by atoms with Gasteiger partial charge in [-0.3, -0.25) is 0 Å². The molecule has 0 aliphatic rings. The maximum Gasteiger partial charge on any atom is 0.330 e. The van der Waals surface area contributed by atoms with Gasteiger partial charge in [0.15, 0.2) is 0 Å². The Balaban J connectivity index is 4.27. The van der Waals surface area contributed by atoms with E-state index in [2.05, 4.69) is 6.58 Å². The van der Waals surface area contributed by atoms with Gasteiger partial charge < -0.3 is 10.2 Å². The Morgan fingerprint density at radius 2 is 1.85 bits per heavy atom. The van der Waals surface area contributed by atoms with E-state index < -0.39 is 12.1 Å². The first kappa shape index (κ1) is 12.2. The fraction of sp³-hybridized carbons (Fsp3) is 0.700. The molecule has 0 saturated carbocycles. The van der Waals surface area contributed by atoms with Crippen LogP contribution >= 0.6 is 0 Å². The molecule has 0 aromatic heterocycles. The summed E-state index contributed by atoms with van der Waals surface area (Å²) in [5.74, 6) is -0.744. The first-order valence-corrected chi connectivity index (χ1v) is 4.45. The number of aliphatic hydroxyl groups is 1. The third-order valence-corrected chi connectivity index (χ3v) is 2.26. The van der Waals surface area contributed by atoms with Gasteiger partial charge >= 0.3 is 5.97 Å². The van der Waals surface area contributed by atoms with Gasteiger partial charge in [-0.2, -0.15) is 0 Å². The molecule has 0 spiro atoms. The number of rotatable bonds is 5. The minimum Gasteiger partial charge on any atom is -0.478 e. The molecule has 0 aromatic carbocycles. The van der Waals surface area contributed by atoms with Crippen LogP contribution in [0.25, 0.3) is 0 Å². The molecule has 0 saturated heterocycles. The third-order valence-electron chi connectivity index (χ3n) is 2.26. The Hall–Kier alpha value is -0.830. The van der Waals surface area contributed by atoms with Crippen molar-refractivity contribution in [3.63, 3.8) is 0 Å². The molecule has 0 radical (unpaired) electrons. The van der Waals surface area contributed by atoms with Gasteiger partial charge in [0.05, 0.1) is 6.10 Å². The van der Waals surface area contributed by atoms with Crippen LogP contribution in [0, 0.1) is 11.8 Å². The standard InChI is InChI=1S/C10H18O3/c1-6(2)9(8(4)11)5-7(3)10(12)13/h6,8-9,11H,3,5H2,1-2,4H3,(H,12,13). The number of hydrogen-bond acceptors (Lipinski definition) is 2. The highest BCUT2D eigenvalue weighted by Gasteiger charge is 2.21. The third kappa shape index (κ3) is 4.08. The summed E-state index contributed by atoms with van der Waals surface area (Å²) in [5.41, 5.74) is 0.166. The van der Waals surface area contributed by atoms with Crippen LogP contribution in [0.3, 0.4) is 0 Å². The number of hydrogen-bond donors (Lipinski definition) is 2. The van der Waals surface area contributed by atoms with Crippen molar-refractivity contribution >= 4 is 5.97 Å². The van der Waals surface area contributed by atoms with E-state index in [-0.39, 0.29) is 17.4 Å². The average molecular weight is 186 g/mol. The maximum atomic E-state index is 10.5. The smallest absolute Gasteiger partial charge is 0.330 e. The van der Waals surface area contributed by atoms with E-state index in [4.69, 9.17) is 5.11 Å². The largest absolute Gasteiger partial charge is 0.478 e. The highest BCUT2D eigenvalue weighted by molar-refractivity contribution is 5.85. The van der Waals surface area contributed by atoms with Gasteiger partial charge in [0.1, 0.15) is 0 Å². The van der Waals surface area contributed by atoms with Crippen LogP contribution < -0.4 is 0 Å². The van der Waals surface area contributed by atoms with Crippen molar-refractivity contribution in [2.75, 3.05) is 0 Å². The topological polar surface area (TPSA) is 57.5 Å². The molecule has 2 atom stereocenters. The van der Waals surface area contributed by atoms with Crippen LogP contribution in [0.1, 0.15) is 27.2 Å². The first-order valence-electron chi connectivity index (χ1n) is 4.45. The van der Waals surface area contributed by atoms with Crippen molar-refractivity contribution in [2.24, 2.45) is 11.8 Å². The minimum atomic E-state index is -0.980. The summed E-state index contributed by atoms with van der Waals surface area (Å²) in [7, 11) is 0. The molecular formula is C10H18O3. The van der Waals surface area contributed by atoms with E-state index >= 15 is 0 Å². The highest BCUT2D eigenvalue weighted by Crippen LogP contribution is 2.22. The average Bonchev–Trinajstić information content (AvgIpc) is 1.97. The summed E-state index contributed by atoms with van der Waals surface area (Å²) < 4.78 is 0. The zero-order valence-corrected chi connectivity index (χ0v) is 8.45. The van der Waals surface area contributed by atoms with Gasteiger partial charge in [-0.1, -0.05) is 20.4 Å². The molecule has 0 aromatic rings. The molecule has 0 aliphatic carbocycles. The lowest BCUT2D eigenvalue weighted by molar-refractivity contribution is -0.133. The Morgan fingerprint density at radius 3 is 2.08 bits per heavy atom. The molecule has 0 fully saturated rings. The van der Waals surface area contributed by atoms with E-state index in [0.29, 0.717) is 6.42 Å². The maximum absolute atomic E-state index is 10.5. The molecule has 0 amide bonds. The zero-order chi connectivity index (χ0) is 10.6. The highest BCUT2D eigenvalue weighted by atomic mass is 16.4. The summed E-state index contributed by atoms with van der Waals surface area (Å²) in [5, 5.41) is 18.0. The molecular weight excluding hydrogens is 168 g/mol. The minimum absolute atomic E-state index is 0.0244. The summed E-state index contributed by atoms with van der Waals surface area (Å²) in [4.78, 5) is 10.5. The molecule has 0 bridgehead atoms. The summed E-state index contributed by atoms with van der Waals surface area (Å²) in [6.45, 7) is 9.06. The second kappa shape index (κ2) is 5.02. The van der Waals surface area contributed by atoms with Crippen molar-refractivity contribution in [1.29, 1.82) is 0 Å². The van der Waals surface area contributed by atoms with Crippen molar-refractivity contribution < 1.29 is 15.0 Å². The normalized spacial score (nSPS) is 15.5. The monoisotopic (exact) mass is 186 g/mol. The van der Waals surface area contributed by atoms with Crippen LogP contribution in [0.2, 0.25) is 0 Å². The van der Waals surface area contributed by atoms with Crippen LogP contribution in [0.5, 0.6) is 0 Å². The van der Waals surface area contributed by atoms with Crippen LogP contribution in [0.4, 0.5) is 0 Å². The van der Waals surface area contributed by atoms with Crippen molar-refractivity contribution in [1.82, 2.24) is 0 Å². The van der Waals surface area contributed by atoms with Gasteiger partial charge in [0.25, 0.3) is 0 Å². The van der Waals surface area contributed by atoms with Gasteiger partial charge in [0, 0.05) is 5.57 Å². The van der Waals surface area contributed by atoms with E-state index in [1.54, 1.807) is 6.92 Å². The molecule has 0 rings (SSSR count). The number of carboxylic acid groups (broad SMARTS) is 1. The molecule has 0 aliphatic heterocycles. The van der Waals surface area contributed by atoms with Gasteiger partial charge in [-0.25, -0.2) is 4.79 Å². The molecule has 76 valence electrons. The van der Waals surface area contributed by atoms with Gasteiger partial charge in [-0.05, 0) is 25.2 Å². The fourth-order valence-corrected chi connectivity index (χ4v) is 1.34. The second-order valence-corrected chi connectivity index (χ2v) is 3.76. The summed E-state index contributed by atoms with van der Waals surface area (Å²) >= 11 is 0. The second-order valence-electron chi connectivity index (χ2n) is 3.76. The number of carboxylic acids is 1. The Labute approximate surface area is 79.1 Å². The number of carbonyl (C=O) groups is 1. The predicted octanol–water partition coefficient (Wildman–Crippen LogP) is 1.67.